The first-order valence-corrected chi connectivity index (χ1v) is 6.46. The summed E-state index contributed by atoms with van der Waals surface area (Å²) in [5, 5.41) is 0. The standard InChI is InChI=1S/C10H16N2O2S/c1-8(11)9-5-4-6-10(7-9)12(2)15(3,13)14/h4-8H,11H2,1-3H3. The molecule has 0 bridgehead atoms. The van der Waals surface area contributed by atoms with Crippen molar-refractivity contribution in [2.24, 2.45) is 5.73 Å². The smallest absolute Gasteiger partial charge is 0.231 e. The maximum Gasteiger partial charge on any atom is 0.231 e. The monoisotopic (exact) mass is 228 g/mol. The molecule has 1 aromatic carbocycles. The summed E-state index contributed by atoms with van der Waals surface area (Å²) in [6, 6.07) is 7.11. The third-order valence-electron chi connectivity index (χ3n) is 2.26. The van der Waals surface area contributed by atoms with Gasteiger partial charge in [-0.1, -0.05) is 12.1 Å². The van der Waals surface area contributed by atoms with Crippen LogP contribution in [0.5, 0.6) is 0 Å². The third kappa shape index (κ3) is 2.94. The van der Waals surface area contributed by atoms with Crippen molar-refractivity contribution in [3.8, 4) is 0 Å². The Kier molecular flexibility index (Phi) is 3.36. The summed E-state index contributed by atoms with van der Waals surface area (Å²) in [6.45, 7) is 1.86. The maximum atomic E-state index is 11.3. The summed E-state index contributed by atoms with van der Waals surface area (Å²) in [5.74, 6) is 0. The Morgan fingerprint density at radius 2 is 2.00 bits per heavy atom. The summed E-state index contributed by atoms with van der Waals surface area (Å²) in [4.78, 5) is 0. The largest absolute Gasteiger partial charge is 0.324 e. The molecular formula is C10H16N2O2S. The van der Waals surface area contributed by atoms with Gasteiger partial charge in [-0.2, -0.15) is 0 Å². The Morgan fingerprint density at radius 1 is 1.40 bits per heavy atom. The number of rotatable bonds is 3. The molecule has 0 aliphatic carbocycles. The van der Waals surface area contributed by atoms with Gasteiger partial charge in [-0.3, -0.25) is 4.31 Å². The van der Waals surface area contributed by atoms with E-state index in [0.717, 1.165) is 5.56 Å². The molecule has 1 rings (SSSR count). The molecule has 1 atom stereocenters. The first-order valence-electron chi connectivity index (χ1n) is 4.62. The van der Waals surface area contributed by atoms with Gasteiger partial charge in [0.05, 0.1) is 11.9 Å². The molecule has 0 aliphatic heterocycles. The molecule has 0 heterocycles. The van der Waals surface area contributed by atoms with Crippen molar-refractivity contribution in [2.45, 2.75) is 13.0 Å². The van der Waals surface area contributed by atoms with Gasteiger partial charge < -0.3 is 5.73 Å². The Bertz CT molecular complexity index is 440. The van der Waals surface area contributed by atoms with E-state index in [2.05, 4.69) is 0 Å². The lowest BCUT2D eigenvalue weighted by atomic mass is 10.1. The number of benzene rings is 1. The Balaban J connectivity index is 3.11. The van der Waals surface area contributed by atoms with Gasteiger partial charge in [0.15, 0.2) is 0 Å². The number of nitrogens with two attached hydrogens (primary N) is 1. The van der Waals surface area contributed by atoms with Crippen molar-refractivity contribution in [2.75, 3.05) is 17.6 Å². The molecule has 0 aromatic heterocycles. The minimum Gasteiger partial charge on any atom is -0.324 e. The molecule has 0 saturated heterocycles. The van der Waals surface area contributed by atoms with E-state index in [-0.39, 0.29) is 6.04 Å². The van der Waals surface area contributed by atoms with Gasteiger partial charge in [0.25, 0.3) is 0 Å². The van der Waals surface area contributed by atoms with E-state index < -0.39 is 10.0 Å². The zero-order valence-corrected chi connectivity index (χ0v) is 9.95. The van der Waals surface area contributed by atoms with E-state index in [9.17, 15) is 8.42 Å². The molecule has 1 aromatic rings. The lowest BCUT2D eigenvalue weighted by Gasteiger charge is -2.18. The highest BCUT2D eigenvalue weighted by Crippen LogP contribution is 2.20. The number of nitrogens with zero attached hydrogens (tertiary/aromatic N) is 1. The van der Waals surface area contributed by atoms with E-state index in [1.807, 2.05) is 13.0 Å². The topological polar surface area (TPSA) is 63.4 Å². The average Bonchev–Trinajstić information content (AvgIpc) is 2.15. The molecule has 2 N–H and O–H groups in total. The molecule has 0 spiro atoms. The number of hydrogen-bond donors (Lipinski definition) is 1. The predicted molar refractivity (Wildman–Crippen MR) is 62.3 cm³/mol. The van der Waals surface area contributed by atoms with Crippen LogP contribution in [-0.2, 0) is 10.0 Å². The zero-order chi connectivity index (χ0) is 11.6. The summed E-state index contributed by atoms with van der Waals surface area (Å²) in [5.41, 5.74) is 7.28. The second kappa shape index (κ2) is 4.20. The minimum atomic E-state index is -3.21. The second-order valence-corrected chi connectivity index (χ2v) is 5.63. The summed E-state index contributed by atoms with van der Waals surface area (Å²) in [6.07, 6.45) is 1.17. The summed E-state index contributed by atoms with van der Waals surface area (Å²) >= 11 is 0. The highest BCUT2D eigenvalue weighted by atomic mass is 32.2. The SMILES string of the molecule is CC(N)c1cccc(N(C)S(C)(=O)=O)c1. The number of hydrogen-bond acceptors (Lipinski definition) is 3. The Hall–Kier alpha value is -1.07. The molecule has 0 saturated carbocycles. The molecule has 5 heteroatoms. The van der Waals surface area contributed by atoms with Gasteiger partial charge in [0.1, 0.15) is 0 Å². The lowest BCUT2D eigenvalue weighted by molar-refractivity contribution is 0.600. The predicted octanol–water partition coefficient (Wildman–Crippen LogP) is 1.10. The van der Waals surface area contributed by atoms with Gasteiger partial charge in [-0.15, -0.1) is 0 Å². The van der Waals surface area contributed by atoms with Gasteiger partial charge in [-0.05, 0) is 24.6 Å². The fraction of sp³-hybridized carbons (Fsp3) is 0.400. The van der Waals surface area contributed by atoms with Crippen LogP contribution in [0.1, 0.15) is 18.5 Å². The molecule has 0 fully saturated rings. The van der Waals surface area contributed by atoms with E-state index in [0.29, 0.717) is 5.69 Å². The van der Waals surface area contributed by atoms with Gasteiger partial charge >= 0.3 is 0 Å². The molecule has 0 aliphatic rings. The first-order chi connectivity index (χ1) is 6.82. The van der Waals surface area contributed by atoms with Crippen LogP contribution >= 0.6 is 0 Å². The van der Waals surface area contributed by atoms with Crippen LogP contribution in [-0.4, -0.2) is 21.7 Å². The van der Waals surface area contributed by atoms with Crippen LogP contribution in [0.15, 0.2) is 24.3 Å². The molecule has 1 unspecified atom stereocenters. The molecule has 84 valence electrons. The first kappa shape index (κ1) is 12.0. The fourth-order valence-electron chi connectivity index (χ4n) is 1.20. The molecule has 4 nitrogen and oxygen atoms in total. The lowest BCUT2D eigenvalue weighted by Crippen LogP contribution is -2.25. The summed E-state index contributed by atoms with van der Waals surface area (Å²) in [7, 11) is -1.68. The van der Waals surface area contributed by atoms with Crippen LogP contribution in [0.25, 0.3) is 0 Å². The maximum absolute atomic E-state index is 11.3. The van der Waals surface area contributed by atoms with Crippen molar-refractivity contribution in [1.29, 1.82) is 0 Å². The van der Waals surface area contributed by atoms with Gasteiger partial charge in [0, 0.05) is 13.1 Å². The van der Waals surface area contributed by atoms with E-state index >= 15 is 0 Å². The van der Waals surface area contributed by atoms with E-state index in [1.54, 1.807) is 18.2 Å². The third-order valence-corrected chi connectivity index (χ3v) is 3.46. The van der Waals surface area contributed by atoms with Gasteiger partial charge in [-0.25, -0.2) is 8.42 Å². The zero-order valence-electron chi connectivity index (χ0n) is 9.14. The Labute approximate surface area is 90.8 Å². The minimum absolute atomic E-state index is 0.0992. The van der Waals surface area contributed by atoms with Crippen molar-refractivity contribution < 1.29 is 8.42 Å². The molecule has 0 radical (unpaired) electrons. The van der Waals surface area contributed by atoms with Crippen molar-refractivity contribution in [3.63, 3.8) is 0 Å². The van der Waals surface area contributed by atoms with Crippen LogP contribution in [0, 0.1) is 0 Å². The van der Waals surface area contributed by atoms with Crippen LogP contribution < -0.4 is 10.0 Å². The highest BCUT2D eigenvalue weighted by molar-refractivity contribution is 7.92. The number of sulfonamides is 1. The molecular weight excluding hydrogens is 212 g/mol. The van der Waals surface area contributed by atoms with Crippen molar-refractivity contribution >= 4 is 15.7 Å². The van der Waals surface area contributed by atoms with Crippen LogP contribution in [0.3, 0.4) is 0 Å². The quantitative estimate of drug-likeness (QED) is 0.842. The Morgan fingerprint density at radius 3 is 2.47 bits per heavy atom. The van der Waals surface area contributed by atoms with Crippen molar-refractivity contribution in [3.05, 3.63) is 29.8 Å². The molecule has 15 heavy (non-hydrogen) atoms. The second-order valence-electron chi connectivity index (χ2n) is 3.61. The normalized spacial score (nSPS) is 13.6. The van der Waals surface area contributed by atoms with Gasteiger partial charge in [0.2, 0.25) is 10.0 Å². The fourth-order valence-corrected chi connectivity index (χ4v) is 1.69. The van der Waals surface area contributed by atoms with Crippen molar-refractivity contribution in [1.82, 2.24) is 0 Å². The van der Waals surface area contributed by atoms with E-state index in [4.69, 9.17) is 5.73 Å². The molecule has 0 amide bonds. The summed E-state index contributed by atoms with van der Waals surface area (Å²) < 4.78 is 23.9. The highest BCUT2D eigenvalue weighted by Gasteiger charge is 2.12. The van der Waals surface area contributed by atoms with E-state index in [1.165, 1.54) is 17.6 Å². The van der Waals surface area contributed by atoms with Crippen LogP contribution in [0.4, 0.5) is 5.69 Å². The average molecular weight is 228 g/mol. The van der Waals surface area contributed by atoms with Crippen LogP contribution in [0.2, 0.25) is 0 Å². The number of anilines is 1.